The van der Waals surface area contributed by atoms with Crippen LogP contribution in [0.3, 0.4) is 0 Å². The molecule has 0 N–H and O–H groups in total. The maximum atomic E-state index is 13.4. The molecule has 0 radical (unpaired) electrons. The van der Waals surface area contributed by atoms with Gasteiger partial charge < -0.3 is 0 Å². The van der Waals surface area contributed by atoms with Crippen molar-refractivity contribution in [1.29, 1.82) is 0 Å². The summed E-state index contributed by atoms with van der Waals surface area (Å²) in [5.74, 6) is -1.01. The van der Waals surface area contributed by atoms with Crippen LogP contribution < -0.4 is 0 Å². The Kier molecular flexibility index (Phi) is 3.80. The molecule has 114 valence electrons. The highest BCUT2D eigenvalue weighted by molar-refractivity contribution is 5.84. The zero-order valence-corrected chi connectivity index (χ0v) is 11.7. The largest absolute Gasteiger partial charge is 0.288 e. The van der Waals surface area contributed by atoms with Gasteiger partial charge in [-0.1, -0.05) is 24.3 Å². The molecular weight excluding hydrogens is 302 g/mol. The Balaban J connectivity index is 2.27. The van der Waals surface area contributed by atoms with E-state index < -0.39 is 16.6 Å². The van der Waals surface area contributed by atoms with Gasteiger partial charge in [0.1, 0.15) is 11.6 Å². The van der Waals surface area contributed by atoms with E-state index in [1.54, 1.807) is 12.1 Å². The number of hydrogen-bond donors (Lipinski definition) is 0. The molecule has 0 atom stereocenters. The van der Waals surface area contributed by atoms with Crippen molar-refractivity contribution in [2.45, 2.75) is 0 Å². The van der Waals surface area contributed by atoms with Crippen LogP contribution in [0.15, 0.2) is 60.9 Å². The molecule has 2 aromatic carbocycles. The molecule has 0 unspecified atom stereocenters. The lowest BCUT2D eigenvalue weighted by Gasteiger charge is -2.08. The highest BCUT2D eigenvalue weighted by Gasteiger charge is 2.23. The third-order valence-corrected chi connectivity index (χ3v) is 3.37. The van der Waals surface area contributed by atoms with Crippen molar-refractivity contribution in [2.75, 3.05) is 0 Å². The average Bonchev–Trinajstić information content (AvgIpc) is 2.54. The monoisotopic (exact) mass is 312 g/mol. The minimum atomic E-state index is -0.567. The van der Waals surface area contributed by atoms with Crippen molar-refractivity contribution in [3.63, 3.8) is 0 Å². The smallest absolute Gasteiger partial charge is 0.263 e. The van der Waals surface area contributed by atoms with Crippen LogP contribution in [0.4, 0.5) is 14.5 Å². The van der Waals surface area contributed by atoms with Gasteiger partial charge in [0.15, 0.2) is 0 Å². The maximum absolute atomic E-state index is 13.4. The Hall–Kier alpha value is -3.15. The summed E-state index contributed by atoms with van der Waals surface area (Å²) in [7, 11) is 0. The molecule has 0 amide bonds. The van der Waals surface area contributed by atoms with Gasteiger partial charge in [0, 0.05) is 12.4 Å². The normalized spacial score (nSPS) is 10.5. The second kappa shape index (κ2) is 5.92. The molecule has 0 aliphatic carbocycles. The molecular formula is C17H10F2N2O2. The van der Waals surface area contributed by atoms with Gasteiger partial charge in [-0.25, -0.2) is 8.78 Å². The van der Waals surface area contributed by atoms with Gasteiger partial charge in [-0.15, -0.1) is 0 Å². The van der Waals surface area contributed by atoms with Gasteiger partial charge in [-0.3, -0.25) is 15.1 Å². The van der Waals surface area contributed by atoms with Crippen molar-refractivity contribution in [2.24, 2.45) is 0 Å². The SMILES string of the molecule is O=[N+]([O-])c1c(-c2cccc(F)c2)cncc1-c1cccc(F)c1. The first-order chi connectivity index (χ1) is 11.1. The Bertz CT molecular complexity index is 834. The Morgan fingerprint density at radius 1 is 0.870 bits per heavy atom. The van der Waals surface area contributed by atoms with Gasteiger partial charge in [0.05, 0.1) is 16.1 Å². The minimum Gasteiger partial charge on any atom is -0.263 e. The lowest BCUT2D eigenvalue weighted by molar-refractivity contribution is -0.383. The van der Waals surface area contributed by atoms with Crippen LogP contribution in [0.1, 0.15) is 0 Å². The summed E-state index contributed by atoms with van der Waals surface area (Å²) in [6.45, 7) is 0. The molecule has 3 aromatic rings. The predicted octanol–water partition coefficient (Wildman–Crippen LogP) is 4.60. The van der Waals surface area contributed by atoms with Crippen molar-refractivity contribution < 1.29 is 13.7 Å². The topological polar surface area (TPSA) is 56.0 Å². The number of aromatic nitrogens is 1. The number of nitrogens with zero attached hydrogens (tertiary/aromatic N) is 2. The minimum absolute atomic E-state index is 0.177. The molecule has 0 aliphatic rings. The fourth-order valence-electron chi connectivity index (χ4n) is 2.38. The highest BCUT2D eigenvalue weighted by atomic mass is 19.1. The van der Waals surface area contributed by atoms with E-state index in [4.69, 9.17) is 0 Å². The first-order valence-corrected chi connectivity index (χ1v) is 6.70. The molecule has 4 nitrogen and oxygen atoms in total. The Morgan fingerprint density at radius 3 is 1.74 bits per heavy atom. The molecule has 0 saturated heterocycles. The van der Waals surface area contributed by atoms with E-state index in [-0.39, 0.29) is 16.8 Å². The number of nitro groups is 1. The Labute approximate surface area is 130 Å². The van der Waals surface area contributed by atoms with Gasteiger partial charge in [0.2, 0.25) is 0 Å². The van der Waals surface area contributed by atoms with E-state index in [1.165, 1.54) is 48.8 Å². The molecule has 1 aromatic heterocycles. The van der Waals surface area contributed by atoms with Crippen molar-refractivity contribution in [3.05, 3.63) is 82.7 Å². The Morgan fingerprint density at radius 2 is 1.35 bits per heavy atom. The van der Waals surface area contributed by atoms with E-state index in [0.29, 0.717) is 11.1 Å². The second-order valence-corrected chi connectivity index (χ2v) is 4.86. The molecule has 0 aliphatic heterocycles. The first kappa shape index (κ1) is 14.8. The van der Waals surface area contributed by atoms with E-state index in [9.17, 15) is 18.9 Å². The fourth-order valence-corrected chi connectivity index (χ4v) is 2.38. The standard InChI is InChI=1S/C17H10F2N2O2/c18-13-5-1-3-11(7-13)15-9-20-10-16(17(15)21(22)23)12-4-2-6-14(19)8-12/h1-10H. The summed E-state index contributed by atoms with van der Waals surface area (Å²) in [6.07, 6.45) is 2.60. The van der Waals surface area contributed by atoms with Crippen LogP contribution in [0, 0.1) is 21.7 Å². The van der Waals surface area contributed by atoms with Crippen LogP contribution in [-0.2, 0) is 0 Å². The first-order valence-electron chi connectivity index (χ1n) is 6.70. The molecule has 0 bridgehead atoms. The van der Waals surface area contributed by atoms with E-state index in [0.717, 1.165) is 0 Å². The summed E-state index contributed by atoms with van der Waals surface area (Å²) in [5.41, 5.74) is 0.786. The van der Waals surface area contributed by atoms with Crippen LogP contribution in [0.2, 0.25) is 0 Å². The van der Waals surface area contributed by atoms with E-state index in [1.807, 2.05) is 0 Å². The summed E-state index contributed by atoms with van der Waals surface area (Å²) in [6, 6.07) is 10.9. The molecule has 0 spiro atoms. The third-order valence-electron chi connectivity index (χ3n) is 3.37. The fraction of sp³-hybridized carbons (Fsp3) is 0. The lowest BCUT2D eigenvalue weighted by Crippen LogP contribution is -1.97. The number of hydrogen-bond acceptors (Lipinski definition) is 3. The molecule has 0 saturated carbocycles. The third kappa shape index (κ3) is 2.91. The van der Waals surface area contributed by atoms with Gasteiger partial charge in [-0.05, 0) is 35.4 Å². The number of rotatable bonds is 3. The van der Waals surface area contributed by atoms with Crippen LogP contribution >= 0.6 is 0 Å². The maximum Gasteiger partial charge on any atom is 0.288 e. The second-order valence-electron chi connectivity index (χ2n) is 4.86. The number of halogens is 2. The summed E-state index contributed by atoms with van der Waals surface area (Å²) < 4.78 is 26.8. The molecule has 23 heavy (non-hydrogen) atoms. The number of pyridine rings is 1. The summed E-state index contributed by atoms with van der Waals surface area (Å²) >= 11 is 0. The van der Waals surface area contributed by atoms with Gasteiger partial charge in [0.25, 0.3) is 5.69 Å². The molecule has 1 heterocycles. The van der Waals surface area contributed by atoms with Gasteiger partial charge in [-0.2, -0.15) is 0 Å². The van der Waals surface area contributed by atoms with E-state index in [2.05, 4.69) is 4.98 Å². The average molecular weight is 312 g/mol. The lowest BCUT2D eigenvalue weighted by atomic mass is 9.99. The zero-order valence-electron chi connectivity index (χ0n) is 11.7. The summed E-state index contributed by atoms with van der Waals surface area (Å²) in [5, 5.41) is 11.5. The van der Waals surface area contributed by atoms with Crippen LogP contribution in [0.25, 0.3) is 22.3 Å². The zero-order chi connectivity index (χ0) is 16.4. The predicted molar refractivity (Wildman–Crippen MR) is 81.7 cm³/mol. The highest BCUT2D eigenvalue weighted by Crippen LogP contribution is 2.37. The van der Waals surface area contributed by atoms with Crippen molar-refractivity contribution in [1.82, 2.24) is 4.98 Å². The van der Waals surface area contributed by atoms with Crippen LogP contribution in [0.5, 0.6) is 0 Å². The van der Waals surface area contributed by atoms with Crippen molar-refractivity contribution in [3.8, 4) is 22.3 Å². The molecule has 6 heteroatoms. The number of benzene rings is 2. The summed E-state index contributed by atoms with van der Waals surface area (Å²) in [4.78, 5) is 15.0. The van der Waals surface area contributed by atoms with Crippen molar-refractivity contribution >= 4 is 5.69 Å². The molecule has 3 rings (SSSR count). The quantitative estimate of drug-likeness (QED) is 0.524. The van der Waals surface area contributed by atoms with Crippen LogP contribution in [-0.4, -0.2) is 9.91 Å². The van der Waals surface area contributed by atoms with E-state index >= 15 is 0 Å². The molecule has 0 fully saturated rings. The van der Waals surface area contributed by atoms with Gasteiger partial charge >= 0.3 is 0 Å².